The Morgan fingerprint density at radius 1 is 1.45 bits per heavy atom. The largest absolute Gasteiger partial charge is 0.363 e. The van der Waals surface area contributed by atoms with Crippen LogP contribution in [0.15, 0.2) is 10.7 Å². The van der Waals surface area contributed by atoms with Gasteiger partial charge in [-0.2, -0.15) is 5.10 Å². The molecule has 6 heteroatoms. The molecule has 0 bridgehead atoms. The summed E-state index contributed by atoms with van der Waals surface area (Å²) in [7, 11) is 0. The van der Waals surface area contributed by atoms with Crippen LogP contribution < -0.4 is 10.6 Å². The van der Waals surface area contributed by atoms with Crippen LogP contribution in [0, 0.1) is 6.92 Å². The Morgan fingerprint density at radius 2 is 2.20 bits per heavy atom. The maximum absolute atomic E-state index is 5.34. The third-order valence-electron chi connectivity index (χ3n) is 3.68. The average molecular weight is 359 g/mol. The Kier molecular flexibility index (Phi) is 6.29. The number of nitrogens with zero attached hydrogens (tertiary/aromatic N) is 2. The van der Waals surface area contributed by atoms with Gasteiger partial charge in [0.2, 0.25) is 0 Å². The molecule has 0 unspecified atom stereocenters. The number of aromatic nitrogens is 2. The maximum Gasteiger partial charge on any atom is 0.166 e. The molecular formula is C14H23BrN4S. The van der Waals surface area contributed by atoms with Crippen LogP contribution in [0.5, 0.6) is 0 Å². The van der Waals surface area contributed by atoms with Gasteiger partial charge in [-0.05, 0) is 54.3 Å². The molecule has 0 spiro atoms. The maximum atomic E-state index is 5.34. The van der Waals surface area contributed by atoms with Gasteiger partial charge in [-0.25, -0.2) is 0 Å². The lowest BCUT2D eigenvalue weighted by Crippen LogP contribution is -2.43. The van der Waals surface area contributed by atoms with Crippen molar-refractivity contribution in [1.82, 2.24) is 20.4 Å². The molecule has 0 aromatic carbocycles. The van der Waals surface area contributed by atoms with Crippen LogP contribution in [0.3, 0.4) is 0 Å². The van der Waals surface area contributed by atoms with E-state index in [0.29, 0.717) is 6.04 Å². The zero-order chi connectivity index (χ0) is 14.4. The van der Waals surface area contributed by atoms with E-state index < -0.39 is 0 Å². The second-order valence-electron chi connectivity index (χ2n) is 5.41. The number of aryl methyl sites for hydroxylation is 2. The Balaban J connectivity index is 1.59. The summed E-state index contributed by atoms with van der Waals surface area (Å²) in [6.45, 7) is 3.79. The third-order valence-corrected chi connectivity index (χ3v) is 4.72. The molecule has 1 aliphatic rings. The molecule has 4 nitrogen and oxygen atoms in total. The molecule has 0 aliphatic heterocycles. The summed E-state index contributed by atoms with van der Waals surface area (Å²) in [6, 6.07) is 0.577. The highest BCUT2D eigenvalue weighted by Crippen LogP contribution is 2.17. The zero-order valence-corrected chi connectivity index (χ0v) is 14.4. The number of hydrogen-bond acceptors (Lipinski definition) is 2. The first-order valence-electron chi connectivity index (χ1n) is 7.39. The lowest BCUT2D eigenvalue weighted by Gasteiger charge is -2.24. The van der Waals surface area contributed by atoms with Crippen LogP contribution in [0.25, 0.3) is 0 Å². The Bertz CT molecular complexity index is 421. The van der Waals surface area contributed by atoms with Crippen LogP contribution in [-0.4, -0.2) is 27.5 Å². The number of thiocarbonyl (C=S) groups is 1. The van der Waals surface area contributed by atoms with E-state index in [-0.39, 0.29) is 0 Å². The fourth-order valence-electron chi connectivity index (χ4n) is 2.53. The van der Waals surface area contributed by atoms with Crippen molar-refractivity contribution in [2.45, 2.75) is 58.0 Å². The molecule has 20 heavy (non-hydrogen) atoms. The van der Waals surface area contributed by atoms with Gasteiger partial charge in [-0.1, -0.05) is 19.3 Å². The van der Waals surface area contributed by atoms with Crippen LogP contribution in [0.1, 0.15) is 44.2 Å². The van der Waals surface area contributed by atoms with E-state index in [2.05, 4.69) is 31.7 Å². The summed E-state index contributed by atoms with van der Waals surface area (Å²) in [5.41, 5.74) is 1.03. The minimum atomic E-state index is 0.577. The minimum absolute atomic E-state index is 0.577. The monoisotopic (exact) mass is 358 g/mol. The average Bonchev–Trinajstić information content (AvgIpc) is 2.75. The molecule has 0 saturated heterocycles. The molecule has 0 radical (unpaired) electrons. The first-order valence-corrected chi connectivity index (χ1v) is 8.59. The van der Waals surface area contributed by atoms with Gasteiger partial charge in [0.15, 0.2) is 5.11 Å². The smallest absolute Gasteiger partial charge is 0.166 e. The van der Waals surface area contributed by atoms with Gasteiger partial charge in [0, 0.05) is 25.3 Å². The third kappa shape index (κ3) is 5.05. The normalized spacial score (nSPS) is 16.1. The van der Waals surface area contributed by atoms with E-state index in [9.17, 15) is 0 Å². The minimum Gasteiger partial charge on any atom is -0.363 e. The molecule has 112 valence electrons. The standard InChI is InChI=1S/C14H23BrN4S/c1-11-13(15)10-19(18-11)9-5-8-16-14(20)17-12-6-3-2-4-7-12/h10,12H,2-9H2,1H3,(H2,16,17,20). The van der Waals surface area contributed by atoms with Crippen molar-refractivity contribution in [2.24, 2.45) is 0 Å². The number of nitrogens with one attached hydrogen (secondary N) is 2. The lowest BCUT2D eigenvalue weighted by atomic mass is 9.96. The van der Waals surface area contributed by atoms with Crippen molar-refractivity contribution in [1.29, 1.82) is 0 Å². The predicted molar refractivity (Wildman–Crippen MR) is 89.9 cm³/mol. The number of halogens is 1. The van der Waals surface area contributed by atoms with Crippen molar-refractivity contribution in [2.75, 3.05) is 6.54 Å². The van der Waals surface area contributed by atoms with Gasteiger partial charge < -0.3 is 10.6 Å². The predicted octanol–water partition coefficient (Wildman–Crippen LogP) is 3.14. The molecule has 1 fully saturated rings. The second-order valence-corrected chi connectivity index (χ2v) is 6.68. The molecule has 1 saturated carbocycles. The van der Waals surface area contributed by atoms with Crippen molar-refractivity contribution in [3.05, 3.63) is 16.4 Å². The Labute approximate surface area is 134 Å². The van der Waals surface area contributed by atoms with Gasteiger partial charge in [0.1, 0.15) is 0 Å². The summed E-state index contributed by atoms with van der Waals surface area (Å²) in [4.78, 5) is 0. The van der Waals surface area contributed by atoms with Gasteiger partial charge in [-0.3, -0.25) is 4.68 Å². The Hall–Kier alpha value is -0.620. The number of hydrogen-bond donors (Lipinski definition) is 2. The summed E-state index contributed by atoms with van der Waals surface area (Å²) in [6.07, 6.45) is 9.57. The van der Waals surface area contributed by atoms with Gasteiger partial charge >= 0.3 is 0 Å². The molecule has 2 rings (SSSR count). The molecule has 1 aromatic rings. The van der Waals surface area contributed by atoms with Crippen molar-refractivity contribution < 1.29 is 0 Å². The van der Waals surface area contributed by atoms with Gasteiger partial charge in [-0.15, -0.1) is 0 Å². The molecule has 1 aromatic heterocycles. The SMILES string of the molecule is Cc1nn(CCCNC(=S)NC2CCCCC2)cc1Br. The van der Waals surface area contributed by atoms with Gasteiger partial charge in [0.25, 0.3) is 0 Å². The summed E-state index contributed by atoms with van der Waals surface area (Å²) >= 11 is 8.81. The second kappa shape index (κ2) is 7.98. The first-order chi connectivity index (χ1) is 9.65. The topological polar surface area (TPSA) is 41.9 Å². The van der Waals surface area contributed by atoms with Crippen molar-refractivity contribution >= 4 is 33.3 Å². The van der Waals surface area contributed by atoms with Crippen LogP contribution >= 0.6 is 28.1 Å². The van der Waals surface area contributed by atoms with E-state index in [0.717, 1.165) is 34.8 Å². The van der Waals surface area contributed by atoms with E-state index >= 15 is 0 Å². The molecular weight excluding hydrogens is 336 g/mol. The quantitative estimate of drug-likeness (QED) is 0.626. The highest BCUT2D eigenvalue weighted by atomic mass is 79.9. The van der Waals surface area contributed by atoms with E-state index in [1.807, 2.05) is 17.8 Å². The molecule has 2 N–H and O–H groups in total. The van der Waals surface area contributed by atoms with Crippen LogP contribution in [0.2, 0.25) is 0 Å². The highest BCUT2D eigenvalue weighted by molar-refractivity contribution is 9.10. The molecule has 0 atom stereocenters. The summed E-state index contributed by atoms with van der Waals surface area (Å²) in [5, 5.41) is 11.9. The fourth-order valence-corrected chi connectivity index (χ4v) is 3.12. The van der Waals surface area contributed by atoms with Crippen molar-refractivity contribution in [3.63, 3.8) is 0 Å². The first kappa shape index (κ1) is 15.8. The van der Waals surface area contributed by atoms with E-state index in [4.69, 9.17) is 12.2 Å². The highest BCUT2D eigenvalue weighted by Gasteiger charge is 2.13. The molecule has 0 amide bonds. The summed E-state index contributed by atoms with van der Waals surface area (Å²) < 4.78 is 3.04. The van der Waals surface area contributed by atoms with Crippen LogP contribution in [-0.2, 0) is 6.54 Å². The van der Waals surface area contributed by atoms with Crippen molar-refractivity contribution in [3.8, 4) is 0 Å². The van der Waals surface area contributed by atoms with E-state index in [1.165, 1.54) is 32.1 Å². The Morgan fingerprint density at radius 3 is 2.85 bits per heavy atom. The fraction of sp³-hybridized carbons (Fsp3) is 0.714. The lowest BCUT2D eigenvalue weighted by molar-refractivity contribution is 0.411. The van der Waals surface area contributed by atoms with Gasteiger partial charge in [0.05, 0.1) is 10.2 Å². The number of rotatable bonds is 5. The van der Waals surface area contributed by atoms with E-state index in [1.54, 1.807) is 0 Å². The molecule has 1 heterocycles. The zero-order valence-electron chi connectivity index (χ0n) is 12.0. The molecule has 1 aliphatic carbocycles. The van der Waals surface area contributed by atoms with Crippen LogP contribution in [0.4, 0.5) is 0 Å². The summed E-state index contributed by atoms with van der Waals surface area (Å²) in [5.74, 6) is 0.